The molecule has 0 aliphatic heterocycles. The van der Waals surface area contributed by atoms with E-state index in [4.69, 9.17) is 14.2 Å². The topological polar surface area (TPSA) is 78.9 Å². The first-order valence-corrected chi connectivity index (χ1v) is 19.4. The van der Waals surface area contributed by atoms with E-state index < -0.39 is 6.10 Å². The summed E-state index contributed by atoms with van der Waals surface area (Å²) in [6, 6.07) is 0. The fraction of sp³-hybridized carbons (Fsp3) is 0.923. The Labute approximate surface area is 278 Å². The van der Waals surface area contributed by atoms with Crippen LogP contribution in [0.1, 0.15) is 207 Å². The van der Waals surface area contributed by atoms with E-state index in [1.54, 1.807) is 0 Å². The van der Waals surface area contributed by atoms with E-state index in [-0.39, 0.29) is 31.1 Å². The molecule has 0 aromatic heterocycles. The average Bonchev–Trinajstić information content (AvgIpc) is 3.01. The van der Waals surface area contributed by atoms with Gasteiger partial charge in [-0.05, 0) is 25.2 Å². The molecule has 0 aromatic carbocycles. The van der Waals surface area contributed by atoms with Gasteiger partial charge in [0.05, 0.1) is 0 Å². The maximum absolute atomic E-state index is 12.6. The van der Waals surface area contributed by atoms with E-state index in [1.807, 2.05) is 0 Å². The fourth-order valence-corrected chi connectivity index (χ4v) is 5.57. The summed E-state index contributed by atoms with van der Waals surface area (Å²) in [5.74, 6) is -0.0646. The molecule has 0 amide bonds. The van der Waals surface area contributed by atoms with Crippen LogP contribution in [0.4, 0.5) is 0 Å². The summed E-state index contributed by atoms with van der Waals surface area (Å²) in [6.07, 6.45) is 29.7. The molecule has 0 fully saturated rings. The lowest BCUT2D eigenvalue weighted by atomic mass is 10.0. The molecule has 0 aliphatic carbocycles. The number of rotatable bonds is 34. The maximum atomic E-state index is 12.6. The van der Waals surface area contributed by atoms with Gasteiger partial charge in [-0.1, -0.05) is 169 Å². The number of ether oxygens (including phenoxy) is 3. The molecular weight excluding hydrogens is 564 g/mol. The highest BCUT2D eigenvalue weighted by Gasteiger charge is 2.19. The summed E-state index contributed by atoms with van der Waals surface area (Å²) in [6.45, 7) is 8.85. The number of esters is 3. The van der Waals surface area contributed by atoms with E-state index in [1.165, 1.54) is 96.3 Å². The van der Waals surface area contributed by atoms with Crippen LogP contribution >= 0.6 is 0 Å². The Bertz CT molecular complexity index is 676. The van der Waals surface area contributed by atoms with Crippen molar-refractivity contribution in [1.82, 2.24) is 0 Å². The van der Waals surface area contributed by atoms with E-state index in [0.29, 0.717) is 19.3 Å². The van der Waals surface area contributed by atoms with Crippen molar-refractivity contribution < 1.29 is 28.6 Å². The molecule has 0 bridgehead atoms. The molecule has 0 aromatic rings. The first-order valence-electron chi connectivity index (χ1n) is 19.4. The zero-order chi connectivity index (χ0) is 33.2. The molecule has 0 heterocycles. The standard InChI is InChI=1S/C39H74O6/c1-5-7-9-11-12-15-19-23-27-31-38(41)44-34-36(33-43-37(40)30-26-21-10-8-6-2)45-39(42)32-28-24-20-17-14-13-16-18-22-25-29-35(3)4/h35-36H,5-34H2,1-4H3/t36-/m0/s1. The monoisotopic (exact) mass is 639 g/mol. The summed E-state index contributed by atoms with van der Waals surface area (Å²) in [5.41, 5.74) is 0. The Morgan fingerprint density at radius 2 is 0.733 bits per heavy atom. The second-order valence-corrected chi connectivity index (χ2v) is 13.7. The number of carbonyl (C=O) groups is 3. The Kier molecular flexibility index (Phi) is 32.6. The molecule has 0 saturated heterocycles. The molecule has 6 heteroatoms. The number of carbonyl (C=O) groups excluding carboxylic acids is 3. The predicted molar refractivity (Wildman–Crippen MR) is 187 cm³/mol. The summed E-state index contributed by atoms with van der Waals surface area (Å²) in [4.78, 5) is 37.2. The quantitative estimate of drug-likeness (QED) is 0.0396. The highest BCUT2D eigenvalue weighted by molar-refractivity contribution is 5.71. The molecule has 45 heavy (non-hydrogen) atoms. The zero-order valence-corrected chi connectivity index (χ0v) is 30.3. The maximum Gasteiger partial charge on any atom is 0.306 e. The molecule has 0 aliphatic rings. The van der Waals surface area contributed by atoms with Crippen LogP contribution in [0.5, 0.6) is 0 Å². The minimum absolute atomic E-state index is 0.0662. The summed E-state index contributed by atoms with van der Waals surface area (Å²) in [5, 5.41) is 0. The molecule has 0 unspecified atom stereocenters. The fourth-order valence-electron chi connectivity index (χ4n) is 5.57. The van der Waals surface area contributed by atoms with Crippen LogP contribution < -0.4 is 0 Å². The smallest absolute Gasteiger partial charge is 0.306 e. The van der Waals surface area contributed by atoms with Crippen molar-refractivity contribution >= 4 is 17.9 Å². The van der Waals surface area contributed by atoms with E-state index in [0.717, 1.165) is 70.1 Å². The largest absolute Gasteiger partial charge is 0.462 e. The first kappa shape index (κ1) is 43.4. The van der Waals surface area contributed by atoms with Gasteiger partial charge < -0.3 is 14.2 Å². The summed E-state index contributed by atoms with van der Waals surface area (Å²) in [7, 11) is 0. The second-order valence-electron chi connectivity index (χ2n) is 13.7. The van der Waals surface area contributed by atoms with Gasteiger partial charge >= 0.3 is 17.9 Å². The van der Waals surface area contributed by atoms with Gasteiger partial charge in [-0.15, -0.1) is 0 Å². The third-order valence-corrected chi connectivity index (χ3v) is 8.54. The van der Waals surface area contributed by atoms with Crippen molar-refractivity contribution in [1.29, 1.82) is 0 Å². The van der Waals surface area contributed by atoms with E-state index in [9.17, 15) is 14.4 Å². The highest BCUT2D eigenvalue weighted by Crippen LogP contribution is 2.15. The zero-order valence-electron chi connectivity index (χ0n) is 30.3. The lowest BCUT2D eigenvalue weighted by Gasteiger charge is -2.18. The first-order chi connectivity index (χ1) is 21.9. The second kappa shape index (κ2) is 33.8. The normalized spacial score (nSPS) is 11.9. The molecule has 266 valence electrons. The van der Waals surface area contributed by atoms with Gasteiger partial charge in [0.25, 0.3) is 0 Å². The number of unbranched alkanes of at least 4 members (excludes halogenated alkanes) is 21. The summed E-state index contributed by atoms with van der Waals surface area (Å²) >= 11 is 0. The molecular formula is C39H74O6. The van der Waals surface area contributed by atoms with Crippen LogP contribution in [0.25, 0.3) is 0 Å². The van der Waals surface area contributed by atoms with Crippen LogP contribution in [-0.4, -0.2) is 37.2 Å². The van der Waals surface area contributed by atoms with Gasteiger partial charge in [-0.25, -0.2) is 0 Å². The number of hydrogen-bond donors (Lipinski definition) is 0. The van der Waals surface area contributed by atoms with Crippen molar-refractivity contribution in [2.75, 3.05) is 13.2 Å². The molecule has 0 spiro atoms. The van der Waals surface area contributed by atoms with Crippen LogP contribution in [-0.2, 0) is 28.6 Å². The number of hydrogen-bond acceptors (Lipinski definition) is 6. The van der Waals surface area contributed by atoms with Gasteiger partial charge in [0.1, 0.15) is 13.2 Å². The van der Waals surface area contributed by atoms with Gasteiger partial charge in [-0.2, -0.15) is 0 Å². The Morgan fingerprint density at radius 1 is 0.422 bits per heavy atom. The summed E-state index contributed by atoms with van der Waals surface area (Å²) < 4.78 is 16.5. The molecule has 0 N–H and O–H groups in total. The Balaban J connectivity index is 4.26. The van der Waals surface area contributed by atoms with Crippen LogP contribution in [0.3, 0.4) is 0 Å². The van der Waals surface area contributed by atoms with Crippen LogP contribution in [0, 0.1) is 5.92 Å². The lowest BCUT2D eigenvalue weighted by molar-refractivity contribution is -0.167. The van der Waals surface area contributed by atoms with Crippen LogP contribution in [0.15, 0.2) is 0 Å². The average molecular weight is 639 g/mol. The van der Waals surface area contributed by atoms with Crippen molar-refractivity contribution in [2.24, 2.45) is 5.92 Å². The van der Waals surface area contributed by atoms with Crippen molar-refractivity contribution in [2.45, 2.75) is 214 Å². The van der Waals surface area contributed by atoms with Gasteiger partial charge in [0.2, 0.25) is 0 Å². The van der Waals surface area contributed by atoms with E-state index in [2.05, 4.69) is 27.7 Å². The molecule has 0 rings (SSSR count). The Hall–Kier alpha value is -1.59. The van der Waals surface area contributed by atoms with E-state index >= 15 is 0 Å². The minimum Gasteiger partial charge on any atom is -0.462 e. The van der Waals surface area contributed by atoms with Crippen LogP contribution in [0.2, 0.25) is 0 Å². The van der Waals surface area contributed by atoms with Gasteiger partial charge in [0, 0.05) is 19.3 Å². The predicted octanol–water partition coefficient (Wildman–Crippen LogP) is 11.6. The molecule has 1 atom stereocenters. The molecule has 0 radical (unpaired) electrons. The Morgan fingerprint density at radius 3 is 1.09 bits per heavy atom. The van der Waals surface area contributed by atoms with Gasteiger partial charge in [-0.3, -0.25) is 14.4 Å². The van der Waals surface area contributed by atoms with Crippen molar-refractivity contribution in [3.63, 3.8) is 0 Å². The van der Waals surface area contributed by atoms with Crippen molar-refractivity contribution in [3.05, 3.63) is 0 Å². The third kappa shape index (κ3) is 33.6. The van der Waals surface area contributed by atoms with Gasteiger partial charge in [0.15, 0.2) is 6.10 Å². The van der Waals surface area contributed by atoms with Crippen molar-refractivity contribution in [3.8, 4) is 0 Å². The molecule has 6 nitrogen and oxygen atoms in total. The lowest BCUT2D eigenvalue weighted by Crippen LogP contribution is -2.30. The third-order valence-electron chi connectivity index (χ3n) is 8.54. The molecule has 0 saturated carbocycles. The minimum atomic E-state index is -0.755. The highest BCUT2D eigenvalue weighted by atomic mass is 16.6. The SMILES string of the molecule is CCCCCCCCCCCC(=O)OC[C@H](COC(=O)CCCCCCC)OC(=O)CCCCCCCCCCCCC(C)C.